The topological polar surface area (TPSA) is 87.3 Å². The molecule has 0 fully saturated rings. The van der Waals surface area contributed by atoms with Crippen molar-refractivity contribution in [2.45, 2.75) is 13.5 Å². The molecule has 0 aliphatic heterocycles. The number of fused-ring (bicyclic) bond motifs is 1. The van der Waals surface area contributed by atoms with E-state index in [0.29, 0.717) is 17.9 Å². The third kappa shape index (κ3) is 3.65. The van der Waals surface area contributed by atoms with Crippen molar-refractivity contribution in [2.75, 3.05) is 7.11 Å². The minimum Gasteiger partial charge on any atom is -0.497 e. The fourth-order valence-corrected chi connectivity index (χ4v) is 3.41. The van der Waals surface area contributed by atoms with E-state index >= 15 is 0 Å². The molecule has 0 amide bonds. The first kappa shape index (κ1) is 19.3. The number of methoxy groups -OCH3 is 1. The molecule has 150 valence electrons. The Kier molecular flexibility index (Phi) is 5.02. The van der Waals surface area contributed by atoms with Crippen molar-refractivity contribution in [2.24, 2.45) is 0 Å². The second-order valence-corrected chi connectivity index (χ2v) is 6.94. The van der Waals surface area contributed by atoms with Gasteiger partial charge in [0.05, 0.1) is 29.5 Å². The minimum atomic E-state index is -0.514. The van der Waals surface area contributed by atoms with Gasteiger partial charge in [0.1, 0.15) is 11.6 Å². The van der Waals surface area contributed by atoms with Gasteiger partial charge in [0.25, 0.3) is 11.2 Å². The van der Waals surface area contributed by atoms with Gasteiger partial charge in [0.2, 0.25) is 0 Å². The van der Waals surface area contributed by atoms with E-state index in [1.807, 2.05) is 48.5 Å². The molecule has 4 aromatic rings. The highest BCUT2D eigenvalue weighted by molar-refractivity contribution is 5.80. The first-order valence-electron chi connectivity index (χ1n) is 9.35. The normalized spacial score (nSPS) is 10.9. The third-order valence-electron chi connectivity index (χ3n) is 5.04. The maximum Gasteiger partial charge on any atom is 0.270 e. The van der Waals surface area contributed by atoms with E-state index in [4.69, 9.17) is 4.74 Å². The Morgan fingerprint density at radius 2 is 1.80 bits per heavy atom. The smallest absolute Gasteiger partial charge is 0.270 e. The molecule has 0 saturated carbocycles. The van der Waals surface area contributed by atoms with Crippen LogP contribution >= 0.6 is 0 Å². The van der Waals surface area contributed by atoms with E-state index in [1.165, 1.54) is 22.8 Å². The van der Waals surface area contributed by atoms with Crippen LogP contribution in [0.15, 0.2) is 71.5 Å². The first-order valence-corrected chi connectivity index (χ1v) is 9.35. The number of rotatable bonds is 5. The molecule has 0 aliphatic rings. The van der Waals surface area contributed by atoms with Crippen LogP contribution < -0.4 is 10.3 Å². The average molecular weight is 401 g/mol. The molecule has 1 aromatic heterocycles. The maximum atomic E-state index is 13.0. The second-order valence-electron chi connectivity index (χ2n) is 6.94. The second kappa shape index (κ2) is 7.79. The highest BCUT2D eigenvalue weighted by Crippen LogP contribution is 2.24. The summed E-state index contributed by atoms with van der Waals surface area (Å²) in [4.78, 5) is 28.0. The van der Waals surface area contributed by atoms with Gasteiger partial charge < -0.3 is 4.74 Å². The Morgan fingerprint density at radius 1 is 1.03 bits per heavy atom. The molecule has 4 rings (SSSR count). The molecule has 0 saturated heterocycles. The lowest BCUT2D eigenvalue weighted by atomic mass is 10.0. The van der Waals surface area contributed by atoms with Crippen molar-refractivity contribution >= 4 is 16.6 Å². The Hall–Kier alpha value is -4.00. The predicted octanol–water partition coefficient (Wildman–Crippen LogP) is 4.34. The lowest BCUT2D eigenvalue weighted by molar-refractivity contribution is -0.384. The number of hydrogen-bond donors (Lipinski definition) is 0. The maximum absolute atomic E-state index is 13.0. The van der Waals surface area contributed by atoms with E-state index < -0.39 is 4.92 Å². The number of nitrogens with zero attached hydrogens (tertiary/aromatic N) is 3. The standard InChI is InChI=1S/C23H19N3O4/c1-15-24-22-11-10-19(26(28)29)13-21(22)23(27)25(15)14-16-6-8-17(9-7-16)18-4-3-5-20(12-18)30-2/h3-13H,14H2,1-2H3. The van der Waals surface area contributed by atoms with Gasteiger partial charge in [0.15, 0.2) is 0 Å². The van der Waals surface area contributed by atoms with Gasteiger partial charge in [-0.15, -0.1) is 0 Å². The SMILES string of the molecule is COc1cccc(-c2ccc(Cn3c(C)nc4ccc([N+](=O)[O-])cc4c3=O)cc2)c1. The van der Waals surface area contributed by atoms with Crippen LogP contribution in [0.5, 0.6) is 5.75 Å². The number of aryl methyl sites for hydroxylation is 1. The molecule has 3 aromatic carbocycles. The quantitative estimate of drug-likeness (QED) is 0.367. The number of benzene rings is 3. The summed E-state index contributed by atoms with van der Waals surface area (Å²) >= 11 is 0. The summed E-state index contributed by atoms with van der Waals surface area (Å²) in [5, 5.41) is 11.3. The molecule has 0 aliphatic carbocycles. The van der Waals surface area contributed by atoms with Crippen molar-refractivity contribution < 1.29 is 9.66 Å². The van der Waals surface area contributed by atoms with Gasteiger partial charge in [-0.05, 0) is 41.8 Å². The summed E-state index contributed by atoms with van der Waals surface area (Å²) in [5.41, 5.74) is 3.03. The molecule has 0 atom stereocenters. The Labute approximate surface area is 172 Å². The van der Waals surface area contributed by atoms with Gasteiger partial charge in [-0.3, -0.25) is 19.5 Å². The van der Waals surface area contributed by atoms with Crippen LogP contribution in [0.4, 0.5) is 5.69 Å². The third-order valence-corrected chi connectivity index (χ3v) is 5.04. The zero-order chi connectivity index (χ0) is 21.3. The number of aromatic nitrogens is 2. The van der Waals surface area contributed by atoms with Crippen LogP contribution in [0.1, 0.15) is 11.4 Å². The molecule has 0 N–H and O–H groups in total. The predicted molar refractivity (Wildman–Crippen MR) is 115 cm³/mol. The van der Waals surface area contributed by atoms with Gasteiger partial charge in [-0.2, -0.15) is 0 Å². The molecule has 30 heavy (non-hydrogen) atoms. The fraction of sp³-hybridized carbons (Fsp3) is 0.130. The molecular formula is C23H19N3O4. The van der Waals surface area contributed by atoms with Crippen molar-refractivity contribution in [1.29, 1.82) is 0 Å². The summed E-state index contributed by atoms with van der Waals surface area (Å²) in [6.45, 7) is 2.08. The van der Waals surface area contributed by atoms with Gasteiger partial charge in [-0.25, -0.2) is 4.98 Å². The van der Waals surface area contributed by atoms with Crippen LogP contribution in [-0.2, 0) is 6.54 Å². The number of non-ortho nitro benzene ring substituents is 1. The summed E-state index contributed by atoms with van der Waals surface area (Å²) in [7, 11) is 1.63. The fourth-order valence-electron chi connectivity index (χ4n) is 3.41. The van der Waals surface area contributed by atoms with Crippen molar-refractivity contribution in [3.8, 4) is 16.9 Å². The van der Waals surface area contributed by atoms with Gasteiger partial charge in [0, 0.05) is 12.1 Å². The molecule has 0 spiro atoms. The first-order chi connectivity index (χ1) is 14.5. The molecular weight excluding hydrogens is 382 g/mol. The Balaban J connectivity index is 1.68. The Morgan fingerprint density at radius 3 is 2.50 bits per heavy atom. The van der Waals surface area contributed by atoms with E-state index in [-0.39, 0.29) is 16.6 Å². The number of ether oxygens (including phenoxy) is 1. The highest BCUT2D eigenvalue weighted by Gasteiger charge is 2.13. The Bertz CT molecular complexity index is 1310. The summed E-state index contributed by atoms with van der Waals surface area (Å²) in [6, 6.07) is 19.8. The lowest BCUT2D eigenvalue weighted by Gasteiger charge is -2.12. The van der Waals surface area contributed by atoms with E-state index in [0.717, 1.165) is 22.4 Å². The van der Waals surface area contributed by atoms with Crippen molar-refractivity contribution in [3.05, 3.63) is 98.6 Å². The minimum absolute atomic E-state index is 0.126. The van der Waals surface area contributed by atoms with Gasteiger partial charge >= 0.3 is 0 Å². The van der Waals surface area contributed by atoms with Crippen LogP contribution in [0, 0.1) is 17.0 Å². The highest BCUT2D eigenvalue weighted by atomic mass is 16.6. The summed E-state index contributed by atoms with van der Waals surface area (Å²) in [6.07, 6.45) is 0. The van der Waals surface area contributed by atoms with E-state index in [9.17, 15) is 14.9 Å². The average Bonchev–Trinajstić information content (AvgIpc) is 2.77. The van der Waals surface area contributed by atoms with E-state index in [2.05, 4.69) is 4.98 Å². The van der Waals surface area contributed by atoms with Crippen molar-refractivity contribution in [1.82, 2.24) is 9.55 Å². The van der Waals surface area contributed by atoms with Crippen LogP contribution in [-0.4, -0.2) is 21.6 Å². The molecule has 7 heteroatoms. The lowest BCUT2D eigenvalue weighted by Crippen LogP contribution is -2.24. The molecule has 0 unspecified atom stereocenters. The van der Waals surface area contributed by atoms with Gasteiger partial charge in [-0.1, -0.05) is 36.4 Å². The number of hydrogen-bond acceptors (Lipinski definition) is 5. The molecule has 7 nitrogen and oxygen atoms in total. The molecule has 1 heterocycles. The summed E-state index contributed by atoms with van der Waals surface area (Å²) < 4.78 is 6.81. The summed E-state index contributed by atoms with van der Waals surface area (Å²) in [5.74, 6) is 1.34. The monoisotopic (exact) mass is 401 g/mol. The molecule has 0 bridgehead atoms. The largest absolute Gasteiger partial charge is 0.497 e. The zero-order valence-corrected chi connectivity index (χ0v) is 16.5. The van der Waals surface area contributed by atoms with Crippen LogP contribution in [0.2, 0.25) is 0 Å². The van der Waals surface area contributed by atoms with Crippen LogP contribution in [0.3, 0.4) is 0 Å². The van der Waals surface area contributed by atoms with Crippen LogP contribution in [0.25, 0.3) is 22.0 Å². The number of nitro benzene ring substituents is 1. The van der Waals surface area contributed by atoms with Crippen molar-refractivity contribution in [3.63, 3.8) is 0 Å². The number of nitro groups is 1. The van der Waals surface area contributed by atoms with E-state index in [1.54, 1.807) is 14.0 Å². The zero-order valence-electron chi connectivity index (χ0n) is 16.5. The molecule has 0 radical (unpaired) electrons.